The number of nitrogens with zero attached hydrogens (tertiary/aromatic N) is 2. The lowest BCUT2D eigenvalue weighted by Crippen LogP contribution is -2.42. The Balaban J connectivity index is 2.52. The maximum Gasteiger partial charge on any atom is 0.339 e. The van der Waals surface area contributed by atoms with E-state index in [1.165, 1.54) is 0 Å². The average Bonchev–Trinajstić information content (AvgIpc) is 2.83. The van der Waals surface area contributed by atoms with Gasteiger partial charge in [0.2, 0.25) is 5.91 Å². The molecule has 0 atom stereocenters. The first-order valence-corrected chi connectivity index (χ1v) is 8.31. The molecule has 25 heavy (non-hydrogen) atoms. The molecular weight excluding hydrogens is 318 g/mol. The van der Waals surface area contributed by atoms with Crippen molar-refractivity contribution in [1.29, 1.82) is 0 Å². The van der Waals surface area contributed by atoms with Gasteiger partial charge in [0.15, 0.2) is 0 Å². The zero-order chi connectivity index (χ0) is 18.8. The van der Waals surface area contributed by atoms with Crippen LogP contribution in [0.1, 0.15) is 49.4 Å². The predicted molar refractivity (Wildman–Crippen MR) is 96.0 cm³/mol. The summed E-state index contributed by atoms with van der Waals surface area (Å²) in [7, 11) is 0. The van der Waals surface area contributed by atoms with E-state index in [1.54, 1.807) is 11.6 Å². The molecule has 0 bridgehead atoms. The maximum absolute atomic E-state index is 12.5. The standard InChI is InChI=1S/C19H25N3O3/c1-12(2)20-18(25)19(4,5)11-15-16(17(23)24)13(3)21-22(15)14-9-7-6-8-10-14/h6-10,12H,11H2,1-5H3,(H,20,25)(H,23,24). The summed E-state index contributed by atoms with van der Waals surface area (Å²) in [5, 5.41) is 16.9. The molecule has 0 saturated heterocycles. The van der Waals surface area contributed by atoms with Crippen molar-refractivity contribution >= 4 is 11.9 Å². The Morgan fingerprint density at radius 1 is 1.24 bits per heavy atom. The van der Waals surface area contributed by atoms with Crippen molar-refractivity contribution in [2.45, 2.75) is 47.1 Å². The van der Waals surface area contributed by atoms with Crippen LogP contribution in [0.5, 0.6) is 0 Å². The van der Waals surface area contributed by atoms with Gasteiger partial charge in [-0.05, 0) is 32.9 Å². The summed E-state index contributed by atoms with van der Waals surface area (Å²) >= 11 is 0. The van der Waals surface area contributed by atoms with Gasteiger partial charge in [-0.3, -0.25) is 4.79 Å². The number of carboxylic acids is 1. The van der Waals surface area contributed by atoms with Crippen molar-refractivity contribution in [3.63, 3.8) is 0 Å². The van der Waals surface area contributed by atoms with Crippen LogP contribution in [0.2, 0.25) is 0 Å². The molecule has 1 amide bonds. The summed E-state index contributed by atoms with van der Waals surface area (Å²) in [6, 6.07) is 9.37. The molecule has 1 aromatic heterocycles. The van der Waals surface area contributed by atoms with E-state index in [1.807, 2.05) is 58.0 Å². The summed E-state index contributed by atoms with van der Waals surface area (Å²) in [5.74, 6) is -1.15. The lowest BCUT2D eigenvalue weighted by molar-refractivity contribution is -0.129. The number of rotatable bonds is 6. The molecule has 0 fully saturated rings. The monoisotopic (exact) mass is 343 g/mol. The van der Waals surface area contributed by atoms with E-state index in [9.17, 15) is 14.7 Å². The molecular formula is C19H25N3O3. The molecule has 0 unspecified atom stereocenters. The van der Waals surface area contributed by atoms with Crippen LogP contribution in [0.15, 0.2) is 30.3 Å². The molecule has 2 rings (SSSR count). The molecule has 0 radical (unpaired) electrons. The minimum atomic E-state index is -1.03. The average molecular weight is 343 g/mol. The van der Waals surface area contributed by atoms with Crippen LogP contribution in [0.25, 0.3) is 5.69 Å². The second-order valence-electron chi connectivity index (χ2n) is 7.15. The van der Waals surface area contributed by atoms with E-state index in [0.29, 0.717) is 11.4 Å². The second kappa shape index (κ2) is 7.09. The van der Waals surface area contributed by atoms with Crippen LogP contribution < -0.4 is 5.32 Å². The van der Waals surface area contributed by atoms with E-state index >= 15 is 0 Å². The Labute approximate surface area is 147 Å². The summed E-state index contributed by atoms with van der Waals surface area (Å²) in [6.45, 7) is 9.10. The molecule has 0 aliphatic heterocycles. The number of hydrogen-bond donors (Lipinski definition) is 2. The third-order valence-corrected chi connectivity index (χ3v) is 4.01. The van der Waals surface area contributed by atoms with Crippen LogP contribution in [-0.4, -0.2) is 32.8 Å². The zero-order valence-corrected chi connectivity index (χ0v) is 15.3. The van der Waals surface area contributed by atoms with Gasteiger partial charge in [0.1, 0.15) is 5.56 Å². The van der Waals surface area contributed by atoms with Crippen molar-refractivity contribution in [3.8, 4) is 5.69 Å². The number of amides is 1. The quantitative estimate of drug-likeness (QED) is 0.844. The lowest BCUT2D eigenvalue weighted by Gasteiger charge is -2.25. The SMILES string of the molecule is Cc1nn(-c2ccccc2)c(CC(C)(C)C(=O)NC(C)C)c1C(=O)O. The van der Waals surface area contributed by atoms with Gasteiger partial charge < -0.3 is 10.4 Å². The Hall–Kier alpha value is -2.63. The van der Waals surface area contributed by atoms with Crippen LogP contribution >= 0.6 is 0 Å². The highest BCUT2D eigenvalue weighted by molar-refractivity contribution is 5.91. The van der Waals surface area contributed by atoms with Crippen LogP contribution in [0.4, 0.5) is 0 Å². The number of carbonyl (C=O) groups excluding carboxylic acids is 1. The van der Waals surface area contributed by atoms with Crippen molar-refractivity contribution < 1.29 is 14.7 Å². The molecule has 134 valence electrons. The molecule has 2 aromatic rings. The predicted octanol–water partition coefficient (Wildman–Crippen LogP) is 2.97. The van der Waals surface area contributed by atoms with Crippen molar-refractivity contribution in [3.05, 3.63) is 47.3 Å². The fourth-order valence-corrected chi connectivity index (χ4v) is 2.76. The third-order valence-electron chi connectivity index (χ3n) is 4.01. The van der Waals surface area contributed by atoms with E-state index in [0.717, 1.165) is 5.69 Å². The van der Waals surface area contributed by atoms with Gasteiger partial charge in [0.25, 0.3) is 0 Å². The molecule has 6 heteroatoms. The van der Waals surface area contributed by atoms with Gasteiger partial charge in [-0.2, -0.15) is 5.10 Å². The summed E-state index contributed by atoms with van der Waals surface area (Å²) in [4.78, 5) is 24.3. The molecule has 2 N–H and O–H groups in total. The zero-order valence-electron chi connectivity index (χ0n) is 15.3. The van der Waals surface area contributed by atoms with Crippen molar-refractivity contribution in [1.82, 2.24) is 15.1 Å². The number of aromatic nitrogens is 2. The van der Waals surface area contributed by atoms with Gasteiger partial charge in [-0.1, -0.05) is 32.0 Å². The Bertz CT molecular complexity index is 777. The van der Waals surface area contributed by atoms with Crippen molar-refractivity contribution in [2.75, 3.05) is 0 Å². The van der Waals surface area contributed by atoms with Crippen LogP contribution in [0.3, 0.4) is 0 Å². The van der Waals surface area contributed by atoms with Gasteiger partial charge >= 0.3 is 5.97 Å². The van der Waals surface area contributed by atoms with Crippen LogP contribution in [0, 0.1) is 12.3 Å². The first-order chi connectivity index (χ1) is 11.6. The van der Waals surface area contributed by atoms with Crippen molar-refractivity contribution in [2.24, 2.45) is 5.41 Å². The number of hydrogen-bond acceptors (Lipinski definition) is 3. The Morgan fingerprint density at radius 2 is 1.84 bits per heavy atom. The highest BCUT2D eigenvalue weighted by Gasteiger charge is 2.33. The summed E-state index contributed by atoms with van der Waals surface area (Å²) in [5.41, 5.74) is 1.13. The number of nitrogens with one attached hydrogen (secondary N) is 1. The molecule has 0 aliphatic rings. The van der Waals surface area contributed by atoms with Gasteiger partial charge in [0, 0.05) is 17.9 Å². The highest BCUT2D eigenvalue weighted by Crippen LogP contribution is 2.28. The first kappa shape index (κ1) is 18.7. The number of aryl methyl sites for hydroxylation is 1. The largest absolute Gasteiger partial charge is 0.478 e. The van der Waals surface area contributed by atoms with Gasteiger partial charge in [0.05, 0.1) is 17.1 Å². The Morgan fingerprint density at radius 3 is 2.36 bits per heavy atom. The Kier molecular flexibility index (Phi) is 5.30. The first-order valence-electron chi connectivity index (χ1n) is 8.31. The molecule has 6 nitrogen and oxygen atoms in total. The number of aromatic carboxylic acids is 1. The fraction of sp³-hybridized carbons (Fsp3) is 0.421. The number of benzene rings is 1. The molecule has 0 saturated carbocycles. The molecule has 1 aromatic carbocycles. The fourth-order valence-electron chi connectivity index (χ4n) is 2.76. The molecule has 1 heterocycles. The maximum atomic E-state index is 12.5. The normalized spacial score (nSPS) is 11.6. The molecule has 0 aliphatic carbocycles. The third kappa shape index (κ3) is 4.07. The van der Waals surface area contributed by atoms with Gasteiger partial charge in [-0.15, -0.1) is 0 Å². The highest BCUT2D eigenvalue weighted by atomic mass is 16.4. The number of carboxylic acid groups (broad SMARTS) is 1. The van der Waals surface area contributed by atoms with Crippen LogP contribution in [-0.2, 0) is 11.2 Å². The number of para-hydroxylation sites is 1. The number of carbonyl (C=O) groups is 2. The second-order valence-corrected chi connectivity index (χ2v) is 7.15. The minimum Gasteiger partial charge on any atom is -0.478 e. The van der Waals surface area contributed by atoms with E-state index < -0.39 is 11.4 Å². The van der Waals surface area contributed by atoms with Gasteiger partial charge in [-0.25, -0.2) is 9.48 Å². The topological polar surface area (TPSA) is 84.2 Å². The lowest BCUT2D eigenvalue weighted by atomic mass is 9.85. The van der Waals surface area contributed by atoms with E-state index in [4.69, 9.17) is 0 Å². The minimum absolute atomic E-state index is 0.0199. The van der Waals surface area contributed by atoms with E-state index in [-0.39, 0.29) is 23.9 Å². The molecule has 0 spiro atoms. The van der Waals surface area contributed by atoms with E-state index in [2.05, 4.69) is 10.4 Å². The smallest absolute Gasteiger partial charge is 0.339 e. The summed E-state index contributed by atoms with van der Waals surface area (Å²) in [6.07, 6.45) is 0.267. The summed E-state index contributed by atoms with van der Waals surface area (Å²) < 4.78 is 1.63.